The van der Waals surface area contributed by atoms with Gasteiger partial charge in [0.15, 0.2) is 0 Å². The lowest BCUT2D eigenvalue weighted by Crippen LogP contribution is -2.55. The van der Waals surface area contributed by atoms with Crippen LogP contribution in [-0.4, -0.2) is 50.4 Å². The fraction of sp³-hybridized carbons (Fsp3) is 0.350. The number of amides is 2. The molecule has 0 spiro atoms. The molecule has 0 aromatic heterocycles. The fourth-order valence-electron chi connectivity index (χ4n) is 6.28. The predicted octanol–water partition coefficient (Wildman–Crippen LogP) is 6.99. The predicted molar refractivity (Wildman–Crippen MR) is 194 cm³/mol. The van der Waals surface area contributed by atoms with E-state index in [1.165, 1.54) is 0 Å². The van der Waals surface area contributed by atoms with E-state index in [1.54, 1.807) is 53.4 Å². The molecule has 2 amide bonds. The van der Waals surface area contributed by atoms with Crippen molar-refractivity contribution in [3.63, 3.8) is 0 Å². The highest BCUT2D eigenvalue weighted by Gasteiger charge is 2.36. The number of carbonyl (C=O) groups is 2. The Morgan fingerprint density at radius 1 is 0.796 bits per heavy atom. The fourth-order valence-corrected chi connectivity index (χ4v) is 7.70. The second kappa shape index (κ2) is 16.7. The van der Waals surface area contributed by atoms with Crippen molar-refractivity contribution in [1.29, 1.82) is 0 Å². The van der Waals surface area contributed by atoms with Gasteiger partial charge in [0.25, 0.3) is 10.0 Å². The molecule has 1 aliphatic carbocycles. The van der Waals surface area contributed by atoms with Crippen molar-refractivity contribution in [2.75, 3.05) is 17.5 Å². The standard InChI is InChI=1S/C40H47N3O5S/c1-4-48-38-18-12-11-17-36(38)43(49(46,47)35-25-21-31(3)22-26-35)29-39(44)42(28-33-23-19-30(2)20-24-33)37(27-32-13-7-5-8-14-32)40(45)41-34-15-9-6-10-16-34/h5,7-8,11-14,17-26,34,37H,4,6,9-10,15-16,27-29H2,1-3H3,(H,41,45). The minimum atomic E-state index is -4.24. The van der Waals surface area contributed by atoms with E-state index >= 15 is 0 Å². The summed E-state index contributed by atoms with van der Waals surface area (Å²) in [6.07, 6.45) is 5.30. The molecule has 1 fully saturated rings. The number of sulfonamides is 1. The van der Waals surface area contributed by atoms with Gasteiger partial charge in [0.2, 0.25) is 11.8 Å². The van der Waals surface area contributed by atoms with Crippen molar-refractivity contribution >= 4 is 27.5 Å². The minimum Gasteiger partial charge on any atom is -0.492 e. The summed E-state index contributed by atoms with van der Waals surface area (Å²) >= 11 is 0. The molecule has 0 radical (unpaired) electrons. The average molecular weight is 682 g/mol. The van der Waals surface area contributed by atoms with Crippen LogP contribution < -0.4 is 14.4 Å². The van der Waals surface area contributed by atoms with Crippen LogP contribution in [0.25, 0.3) is 0 Å². The van der Waals surface area contributed by atoms with Crippen LogP contribution in [0.1, 0.15) is 61.3 Å². The number of nitrogens with one attached hydrogen (secondary N) is 1. The van der Waals surface area contributed by atoms with E-state index < -0.39 is 28.5 Å². The molecule has 4 aromatic carbocycles. The monoisotopic (exact) mass is 681 g/mol. The van der Waals surface area contributed by atoms with Gasteiger partial charge in [-0.1, -0.05) is 109 Å². The summed E-state index contributed by atoms with van der Waals surface area (Å²) in [5.74, 6) is -0.393. The normalized spacial score (nSPS) is 14.1. The van der Waals surface area contributed by atoms with Crippen molar-refractivity contribution in [2.24, 2.45) is 0 Å². The van der Waals surface area contributed by atoms with E-state index in [2.05, 4.69) is 5.32 Å². The number of hydrogen-bond donors (Lipinski definition) is 1. The maximum atomic E-state index is 14.8. The van der Waals surface area contributed by atoms with Gasteiger partial charge in [0, 0.05) is 19.0 Å². The Morgan fingerprint density at radius 2 is 1.41 bits per heavy atom. The van der Waals surface area contributed by atoms with Crippen LogP contribution >= 0.6 is 0 Å². The van der Waals surface area contributed by atoms with Crippen molar-refractivity contribution in [3.05, 3.63) is 125 Å². The smallest absolute Gasteiger partial charge is 0.264 e. The van der Waals surface area contributed by atoms with Gasteiger partial charge in [-0.3, -0.25) is 13.9 Å². The molecular weight excluding hydrogens is 635 g/mol. The second-order valence-electron chi connectivity index (χ2n) is 12.8. The van der Waals surface area contributed by atoms with Crippen LogP contribution in [0.3, 0.4) is 0 Å². The number of benzene rings is 4. The summed E-state index contributed by atoms with van der Waals surface area (Å²) in [4.78, 5) is 30.7. The molecule has 9 heteroatoms. The number of anilines is 1. The highest BCUT2D eigenvalue weighted by Crippen LogP contribution is 2.33. The highest BCUT2D eigenvalue weighted by atomic mass is 32.2. The Balaban J connectivity index is 1.59. The molecule has 1 N–H and O–H groups in total. The number of carbonyl (C=O) groups excluding carboxylic acids is 2. The van der Waals surface area contributed by atoms with E-state index in [0.29, 0.717) is 12.4 Å². The Bertz CT molecular complexity index is 1790. The zero-order chi connectivity index (χ0) is 34.8. The topological polar surface area (TPSA) is 96.0 Å². The zero-order valence-electron chi connectivity index (χ0n) is 28.7. The lowest BCUT2D eigenvalue weighted by molar-refractivity contribution is -0.140. The Morgan fingerprint density at radius 3 is 2.06 bits per heavy atom. The molecule has 258 valence electrons. The molecule has 1 aliphatic rings. The summed E-state index contributed by atoms with van der Waals surface area (Å²) in [7, 11) is -4.24. The van der Waals surface area contributed by atoms with Gasteiger partial charge in [-0.15, -0.1) is 0 Å². The van der Waals surface area contributed by atoms with Crippen molar-refractivity contribution in [2.45, 2.75) is 82.8 Å². The lowest BCUT2D eigenvalue weighted by atomic mass is 9.94. The second-order valence-corrected chi connectivity index (χ2v) is 14.6. The molecule has 49 heavy (non-hydrogen) atoms. The summed E-state index contributed by atoms with van der Waals surface area (Å²) in [6, 6.07) is 30.0. The number of para-hydroxylation sites is 2. The molecule has 1 saturated carbocycles. The van der Waals surface area contributed by atoms with Crippen LogP contribution in [0, 0.1) is 13.8 Å². The molecule has 0 bridgehead atoms. The number of aryl methyl sites for hydroxylation is 2. The Labute approximate surface area is 291 Å². The average Bonchev–Trinajstić information content (AvgIpc) is 3.11. The molecule has 1 atom stereocenters. The van der Waals surface area contributed by atoms with Gasteiger partial charge in [-0.2, -0.15) is 0 Å². The molecule has 1 unspecified atom stereocenters. The molecule has 0 aliphatic heterocycles. The maximum Gasteiger partial charge on any atom is 0.264 e. The number of hydrogen-bond acceptors (Lipinski definition) is 5. The Kier molecular flexibility index (Phi) is 12.1. The Hall–Kier alpha value is -4.63. The first kappa shape index (κ1) is 35.7. The van der Waals surface area contributed by atoms with E-state index in [4.69, 9.17) is 4.74 Å². The highest BCUT2D eigenvalue weighted by molar-refractivity contribution is 7.92. The third-order valence-corrected chi connectivity index (χ3v) is 10.8. The van der Waals surface area contributed by atoms with Crippen LogP contribution in [0.15, 0.2) is 108 Å². The maximum absolute atomic E-state index is 14.8. The third-order valence-electron chi connectivity index (χ3n) is 9.02. The van der Waals surface area contributed by atoms with Crippen molar-refractivity contribution < 1.29 is 22.7 Å². The molecule has 8 nitrogen and oxygen atoms in total. The SMILES string of the molecule is CCOc1ccccc1N(CC(=O)N(Cc1ccc(C)cc1)C(Cc1ccccc1)C(=O)NC1CCCCC1)S(=O)(=O)c1ccc(C)cc1. The van der Waals surface area contributed by atoms with Gasteiger partial charge in [-0.05, 0) is 69.0 Å². The lowest BCUT2D eigenvalue weighted by Gasteiger charge is -2.35. The van der Waals surface area contributed by atoms with Crippen molar-refractivity contribution in [3.8, 4) is 5.75 Å². The number of rotatable bonds is 14. The van der Waals surface area contributed by atoms with Crippen LogP contribution in [-0.2, 0) is 32.6 Å². The van der Waals surface area contributed by atoms with E-state index in [0.717, 1.165) is 58.7 Å². The zero-order valence-corrected chi connectivity index (χ0v) is 29.5. The molecule has 4 aromatic rings. The minimum absolute atomic E-state index is 0.0346. The number of ether oxygens (including phenoxy) is 1. The van der Waals surface area contributed by atoms with E-state index in [1.807, 2.05) is 75.4 Å². The third kappa shape index (κ3) is 9.29. The summed E-state index contributed by atoms with van der Waals surface area (Å²) in [5, 5.41) is 3.26. The van der Waals surface area contributed by atoms with E-state index in [-0.39, 0.29) is 35.5 Å². The molecule has 5 rings (SSSR count). The van der Waals surface area contributed by atoms with Gasteiger partial charge >= 0.3 is 0 Å². The molecule has 0 saturated heterocycles. The largest absolute Gasteiger partial charge is 0.492 e. The summed E-state index contributed by atoms with van der Waals surface area (Å²) in [6.45, 7) is 5.60. The van der Waals surface area contributed by atoms with Crippen molar-refractivity contribution in [1.82, 2.24) is 10.2 Å². The summed E-state index contributed by atoms with van der Waals surface area (Å²) in [5.41, 5.74) is 3.97. The van der Waals surface area contributed by atoms with Crippen LogP contribution in [0.2, 0.25) is 0 Å². The van der Waals surface area contributed by atoms with Crippen LogP contribution in [0.4, 0.5) is 5.69 Å². The molecular formula is C40H47N3O5S. The van der Waals surface area contributed by atoms with Gasteiger partial charge in [0.1, 0.15) is 18.3 Å². The first-order valence-electron chi connectivity index (χ1n) is 17.2. The van der Waals surface area contributed by atoms with Gasteiger partial charge < -0.3 is 15.0 Å². The first-order valence-corrected chi connectivity index (χ1v) is 18.6. The van der Waals surface area contributed by atoms with Gasteiger partial charge in [0.05, 0.1) is 17.2 Å². The van der Waals surface area contributed by atoms with Gasteiger partial charge in [-0.25, -0.2) is 8.42 Å². The first-order chi connectivity index (χ1) is 23.7. The summed E-state index contributed by atoms with van der Waals surface area (Å²) < 4.78 is 35.9. The number of nitrogens with zero attached hydrogens (tertiary/aromatic N) is 2. The van der Waals surface area contributed by atoms with Crippen LogP contribution in [0.5, 0.6) is 5.75 Å². The molecule has 0 heterocycles. The van der Waals surface area contributed by atoms with E-state index in [9.17, 15) is 18.0 Å². The quantitative estimate of drug-likeness (QED) is 0.155.